The van der Waals surface area contributed by atoms with E-state index in [2.05, 4.69) is 4.74 Å². The minimum absolute atomic E-state index is 0.518. The highest BCUT2D eigenvalue weighted by Crippen LogP contribution is 2.17. The van der Waals surface area contributed by atoms with Gasteiger partial charge in [-0.05, 0) is 36.4 Å². The summed E-state index contributed by atoms with van der Waals surface area (Å²) in [6.45, 7) is 0. The molecular formula is C14H8N2O11S2. The van der Waals surface area contributed by atoms with Crippen molar-refractivity contribution in [2.45, 2.75) is 9.79 Å². The van der Waals surface area contributed by atoms with Crippen molar-refractivity contribution in [1.82, 2.24) is 0 Å². The van der Waals surface area contributed by atoms with Crippen molar-refractivity contribution in [3.8, 4) is 0 Å². The summed E-state index contributed by atoms with van der Waals surface area (Å²) >= 11 is 0. The smallest absolute Gasteiger partial charge is 0.386 e. The first-order chi connectivity index (χ1) is 13.4. The van der Waals surface area contributed by atoms with Gasteiger partial charge in [0.15, 0.2) is 8.66 Å². The van der Waals surface area contributed by atoms with Gasteiger partial charge in [-0.2, -0.15) is 16.8 Å². The van der Waals surface area contributed by atoms with Crippen molar-refractivity contribution in [3.05, 3.63) is 79.9 Å². The highest BCUT2D eigenvalue weighted by atomic mass is 32.2. The summed E-state index contributed by atoms with van der Waals surface area (Å²) in [5.41, 5.74) is -1.04. The molecule has 0 atom stereocenters. The number of carbonyl (C=O) groups is 2. The monoisotopic (exact) mass is 444 g/mol. The van der Waals surface area contributed by atoms with E-state index in [0.717, 1.165) is 36.4 Å². The molecule has 0 fully saturated rings. The number of hydrogen-bond acceptors (Lipinski definition) is 11. The summed E-state index contributed by atoms with van der Waals surface area (Å²) < 4.78 is 47.4. The molecule has 13 nitrogen and oxygen atoms in total. The zero-order valence-corrected chi connectivity index (χ0v) is 15.5. The van der Waals surface area contributed by atoms with Gasteiger partial charge in [-0.25, -0.2) is 29.8 Å². The van der Waals surface area contributed by atoms with Crippen molar-refractivity contribution in [2.75, 3.05) is 0 Å². The largest absolute Gasteiger partial charge is 0.448 e. The summed E-state index contributed by atoms with van der Waals surface area (Å²) in [5, 5.41) is 21.2. The van der Waals surface area contributed by atoms with E-state index >= 15 is 0 Å². The molecule has 152 valence electrons. The van der Waals surface area contributed by atoms with Gasteiger partial charge in [0.1, 0.15) is 9.79 Å². The van der Waals surface area contributed by atoms with Crippen LogP contribution in [0.5, 0.6) is 0 Å². The number of rotatable bonds is 6. The average molecular weight is 444 g/mol. The Bertz CT molecular complexity index is 1150. The van der Waals surface area contributed by atoms with Crippen LogP contribution in [0.4, 0.5) is 0 Å². The van der Waals surface area contributed by atoms with E-state index in [1.807, 2.05) is 0 Å². The minimum atomic E-state index is -4.94. The van der Waals surface area contributed by atoms with Crippen LogP contribution in [-0.2, 0) is 24.8 Å². The van der Waals surface area contributed by atoms with Gasteiger partial charge in [-0.15, -0.1) is 0 Å². The van der Waals surface area contributed by atoms with Crippen molar-refractivity contribution in [3.63, 3.8) is 0 Å². The van der Waals surface area contributed by atoms with Gasteiger partial charge >= 0.3 is 32.0 Å². The van der Waals surface area contributed by atoms with Gasteiger partial charge in [0.2, 0.25) is 0 Å². The fraction of sp³-hybridized carbons (Fsp3) is 0. The fourth-order valence-electron chi connectivity index (χ4n) is 1.94. The maximum absolute atomic E-state index is 12.0. The normalized spacial score (nSPS) is 11.4. The predicted octanol–water partition coefficient (Wildman–Crippen LogP) is 0.615. The van der Waals surface area contributed by atoms with Crippen molar-refractivity contribution >= 4 is 32.0 Å². The van der Waals surface area contributed by atoms with Crippen LogP contribution in [-0.4, -0.2) is 37.4 Å². The first-order valence-corrected chi connectivity index (χ1v) is 10.0. The molecule has 0 saturated carbocycles. The number of hydrogen-bond donors (Lipinski definition) is 0. The number of carbonyl (C=O) groups excluding carboxylic acids is 2. The maximum atomic E-state index is 12.0. The van der Waals surface area contributed by atoms with Crippen molar-refractivity contribution in [2.24, 2.45) is 0 Å². The van der Waals surface area contributed by atoms with E-state index in [-0.39, 0.29) is 0 Å². The van der Waals surface area contributed by atoms with Gasteiger partial charge in [0.25, 0.3) is 0 Å². The van der Waals surface area contributed by atoms with E-state index < -0.39 is 61.6 Å². The van der Waals surface area contributed by atoms with E-state index in [1.54, 1.807) is 0 Å². The SMILES string of the molecule is O=C(OC(=O)c1cccc(S(=O)(=O)[N+](=O)[O-])c1)c1cccc(S(=O)(=O)[N+](=O)[O-])c1. The molecule has 2 aromatic carbocycles. The minimum Gasteiger partial charge on any atom is -0.386 e. The molecule has 15 heteroatoms. The highest BCUT2D eigenvalue weighted by molar-refractivity contribution is 7.85. The Kier molecular flexibility index (Phi) is 5.75. The number of ether oxygens (including phenoxy) is 1. The third-order valence-electron chi connectivity index (χ3n) is 3.31. The third kappa shape index (κ3) is 4.41. The molecule has 0 amide bonds. The standard InChI is InChI=1S/C14H8N2O11S2/c17-13(9-3-1-5-11(7-9)28(23,24)15(19)20)27-14(18)10-4-2-6-12(8-10)29(25,26)16(21)22/h1-8H. The van der Waals surface area contributed by atoms with Crippen LogP contribution in [0.1, 0.15) is 20.7 Å². The topological polar surface area (TPSA) is 198 Å². The summed E-state index contributed by atoms with van der Waals surface area (Å²) in [5.74, 6) is -2.78. The molecule has 0 unspecified atom stereocenters. The molecule has 0 saturated heterocycles. The molecule has 2 rings (SSSR count). The van der Waals surface area contributed by atoms with Gasteiger partial charge in [-0.1, -0.05) is 12.1 Å². The second kappa shape index (κ2) is 7.72. The number of sulfonamides is 2. The lowest BCUT2D eigenvalue weighted by atomic mass is 10.2. The quantitative estimate of drug-likeness (QED) is 0.262. The van der Waals surface area contributed by atoms with Crippen LogP contribution in [0.3, 0.4) is 0 Å². The molecule has 0 aliphatic heterocycles. The van der Waals surface area contributed by atoms with Crippen LogP contribution in [0.15, 0.2) is 58.3 Å². The van der Waals surface area contributed by atoms with Crippen LogP contribution in [0, 0.1) is 20.2 Å². The molecule has 0 spiro atoms. The molecule has 0 heterocycles. The molecule has 0 aliphatic carbocycles. The Morgan fingerprint density at radius 3 is 1.38 bits per heavy atom. The van der Waals surface area contributed by atoms with E-state index in [9.17, 15) is 46.7 Å². The van der Waals surface area contributed by atoms with Crippen molar-refractivity contribution in [1.29, 1.82) is 0 Å². The zero-order valence-electron chi connectivity index (χ0n) is 13.8. The molecule has 0 N–H and O–H groups in total. The Morgan fingerprint density at radius 2 is 1.07 bits per heavy atom. The average Bonchev–Trinajstić information content (AvgIpc) is 2.67. The number of benzene rings is 2. The summed E-state index contributed by atoms with van der Waals surface area (Å²) in [4.78, 5) is 43.6. The summed E-state index contributed by atoms with van der Waals surface area (Å²) in [6.07, 6.45) is 0. The lowest BCUT2D eigenvalue weighted by Gasteiger charge is -2.05. The molecule has 29 heavy (non-hydrogen) atoms. The van der Waals surface area contributed by atoms with Gasteiger partial charge in [0, 0.05) is 0 Å². The van der Waals surface area contributed by atoms with Crippen LogP contribution < -0.4 is 0 Å². The first-order valence-electron chi connectivity index (χ1n) is 7.13. The van der Waals surface area contributed by atoms with Gasteiger partial charge in [-0.3, -0.25) is 0 Å². The lowest BCUT2D eigenvalue weighted by molar-refractivity contribution is -0.305. The molecule has 2 aromatic rings. The Hall–Kier alpha value is -3.72. The number of nitro groups is 2. The van der Waals surface area contributed by atoms with E-state index in [0.29, 0.717) is 12.1 Å². The molecule has 0 bridgehead atoms. The predicted molar refractivity (Wildman–Crippen MR) is 91.0 cm³/mol. The van der Waals surface area contributed by atoms with Gasteiger partial charge in [0.05, 0.1) is 11.1 Å². The second-order valence-electron chi connectivity index (χ2n) is 5.13. The molecule has 0 radical (unpaired) electrons. The zero-order chi connectivity index (χ0) is 22.0. The van der Waals surface area contributed by atoms with Crippen LogP contribution >= 0.6 is 0 Å². The van der Waals surface area contributed by atoms with Crippen molar-refractivity contribution < 1.29 is 39.8 Å². The van der Waals surface area contributed by atoms with Gasteiger partial charge < -0.3 is 4.74 Å². The Morgan fingerprint density at radius 1 is 0.724 bits per heavy atom. The Labute approximate surface area is 161 Å². The second-order valence-corrected chi connectivity index (χ2v) is 8.57. The number of esters is 2. The molecule has 0 aromatic heterocycles. The molecular weight excluding hydrogens is 436 g/mol. The summed E-state index contributed by atoms with van der Waals surface area (Å²) in [7, 11) is -9.89. The Balaban J connectivity index is 2.30. The third-order valence-corrected chi connectivity index (χ3v) is 5.80. The van der Waals surface area contributed by atoms with Crippen LogP contribution in [0.25, 0.3) is 0 Å². The van der Waals surface area contributed by atoms with Crippen LogP contribution in [0.2, 0.25) is 0 Å². The fourth-order valence-corrected chi connectivity index (χ4v) is 3.34. The lowest BCUT2D eigenvalue weighted by Crippen LogP contribution is -2.17. The summed E-state index contributed by atoms with van der Waals surface area (Å²) in [6, 6.07) is 6.96. The van der Waals surface area contributed by atoms with E-state index in [1.165, 1.54) is 0 Å². The van der Waals surface area contributed by atoms with E-state index in [4.69, 9.17) is 0 Å². The number of nitrogens with zero attached hydrogens (tertiary/aromatic N) is 2. The first kappa shape index (κ1) is 21.6. The maximum Gasteiger partial charge on any atom is 0.448 e. The molecule has 0 aliphatic rings. The highest BCUT2D eigenvalue weighted by Gasteiger charge is 2.29.